The van der Waals surface area contributed by atoms with Crippen LogP contribution in [0.1, 0.15) is 10.6 Å². The number of nitrogens with one attached hydrogen (secondary N) is 1. The highest BCUT2D eigenvalue weighted by molar-refractivity contribution is 7.15. The molecule has 6 heteroatoms. The standard InChI is InChI=1S/C13H16N4OS/c1-9-11(7-12(18)17(2)3)19-13(15-9)16-10-5-4-6-14-8-10/h4-6,8H,7H2,1-3H3,(H,15,16). The van der Waals surface area contributed by atoms with Crippen molar-refractivity contribution in [1.29, 1.82) is 0 Å². The van der Waals surface area contributed by atoms with Gasteiger partial charge in [0, 0.05) is 25.2 Å². The number of aryl methyl sites for hydroxylation is 1. The van der Waals surface area contributed by atoms with Crippen LogP contribution < -0.4 is 5.32 Å². The number of thiazole rings is 1. The summed E-state index contributed by atoms with van der Waals surface area (Å²) in [7, 11) is 3.51. The number of likely N-dealkylation sites (N-methyl/N-ethyl adjacent to an activating group) is 1. The summed E-state index contributed by atoms with van der Waals surface area (Å²) in [6, 6.07) is 3.79. The summed E-state index contributed by atoms with van der Waals surface area (Å²) in [6.45, 7) is 1.92. The van der Waals surface area contributed by atoms with E-state index < -0.39 is 0 Å². The highest BCUT2D eigenvalue weighted by atomic mass is 32.1. The maximum atomic E-state index is 11.7. The molecule has 1 N–H and O–H groups in total. The summed E-state index contributed by atoms with van der Waals surface area (Å²) in [5, 5.41) is 3.97. The molecule has 2 aromatic heterocycles. The van der Waals surface area contributed by atoms with Crippen molar-refractivity contribution in [2.75, 3.05) is 19.4 Å². The van der Waals surface area contributed by atoms with Crippen LogP contribution in [0.2, 0.25) is 0 Å². The number of hydrogen-bond donors (Lipinski definition) is 1. The van der Waals surface area contributed by atoms with E-state index >= 15 is 0 Å². The molecule has 2 rings (SSSR count). The van der Waals surface area contributed by atoms with Gasteiger partial charge < -0.3 is 10.2 Å². The number of pyridine rings is 1. The van der Waals surface area contributed by atoms with E-state index in [2.05, 4.69) is 15.3 Å². The summed E-state index contributed by atoms with van der Waals surface area (Å²) in [5.74, 6) is 0.0830. The van der Waals surface area contributed by atoms with Gasteiger partial charge >= 0.3 is 0 Å². The lowest BCUT2D eigenvalue weighted by atomic mass is 10.3. The average Bonchev–Trinajstić information content (AvgIpc) is 2.70. The van der Waals surface area contributed by atoms with Crippen molar-refractivity contribution in [1.82, 2.24) is 14.9 Å². The maximum absolute atomic E-state index is 11.7. The van der Waals surface area contributed by atoms with Crippen LogP contribution in [-0.4, -0.2) is 34.9 Å². The zero-order chi connectivity index (χ0) is 13.8. The van der Waals surface area contributed by atoms with Gasteiger partial charge in [0.05, 0.1) is 24.0 Å². The van der Waals surface area contributed by atoms with Crippen LogP contribution in [0, 0.1) is 6.92 Å². The lowest BCUT2D eigenvalue weighted by Crippen LogP contribution is -2.23. The number of anilines is 2. The lowest BCUT2D eigenvalue weighted by molar-refractivity contribution is -0.127. The number of rotatable bonds is 4. The van der Waals surface area contributed by atoms with Crippen molar-refractivity contribution in [3.05, 3.63) is 35.1 Å². The van der Waals surface area contributed by atoms with Crippen molar-refractivity contribution in [3.8, 4) is 0 Å². The first-order valence-electron chi connectivity index (χ1n) is 5.90. The zero-order valence-electron chi connectivity index (χ0n) is 11.2. The van der Waals surface area contributed by atoms with Crippen molar-refractivity contribution in [2.24, 2.45) is 0 Å². The second-order valence-electron chi connectivity index (χ2n) is 4.36. The fourth-order valence-corrected chi connectivity index (χ4v) is 2.47. The Labute approximate surface area is 116 Å². The molecule has 0 aliphatic rings. The third-order valence-electron chi connectivity index (χ3n) is 2.62. The van der Waals surface area contributed by atoms with Crippen LogP contribution in [0.15, 0.2) is 24.5 Å². The molecule has 0 saturated heterocycles. The minimum atomic E-state index is 0.0830. The molecular formula is C13H16N4OS. The Morgan fingerprint density at radius 1 is 1.47 bits per heavy atom. The largest absolute Gasteiger partial charge is 0.349 e. The van der Waals surface area contributed by atoms with Gasteiger partial charge in [-0.05, 0) is 19.1 Å². The van der Waals surface area contributed by atoms with Crippen LogP contribution >= 0.6 is 11.3 Å². The van der Waals surface area contributed by atoms with Gasteiger partial charge in [-0.1, -0.05) is 0 Å². The highest BCUT2D eigenvalue weighted by Gasteiger charge is 2.13. The van der Waals surface area contributed by atoms with Crippen molar-refractivity contribution >= 4 is 28.1 Å². The third kappa shape index (κ3) is 3.51. The first-order chi connectivity index (χ1) is 9.06. The van der Waals surface area contributed by atoms with Crippen molar-refractivity contribution in [3.63, 3.8) is 0 Å². The molecular weight excluding hydrogens is 260 g/mol. The number of amides is 1. The Morgan fingerprint density at radius 2 is 2.26 bits per heavy atom. The second kappa shape index (κ2) is 5.79. The lowest BCUT2D eigenvalue weighted by Gasteiger charge is -2.08. The topological polar surface area (TPSA) is 58.1 Å². The highest BCUT2D eigenvalue weighted by Crippen LogP contribution is 2.26. The molecule has 100 valence electrons. The molecule has 19 heavy (non-hydrogen) atoms. The van der Waals surface area contributed by atoms with Gasteiger partial charge in [-0.15, -0.1) is 11.3 Å². The Kier molecular flexibility index (Phi) is 4.11. The van der Waals surface area contributed by atoms with E-state index in [-0.39, 0.29) is 5.91 Å². The molecule has 0 aliphatic heterocycles. The van der Waals surface area contributed by atoms with E-state index in [4.69, 9.17) is 0 Å². The maximum Gasteiger partial charge on any atom is 0.227 e. The Morgan fingerprint density at radius 3 is 2.89 bits per heavy atom. The minimum Gasteiger partial charge on any atom is -0.349 e. The smallest absolute Gasteiger partial charge is 0.227 e. The summed E-state index contributed by atoms with van der Waals surface area (Å²) in [5.41, 5.74) is 1.79. The number of hydrogen-bond acceptors (Lipinski definition) is 5. The predicted octanol–water partition coefficient (Wildman–Crippen LogP) is 2.22. The quantitative estimate of drug-likeness (QED) is 0.930. The van der Waals surface area contributed by atoms with Crippen LogP contribution in [0.5, 0.6) is 0 Å². The van der Waals surface area contributed by atoms with Crippen molar-refractivity contribution < 1.29 is 4.79 Å². The first-order valence-corrected chi connectivity index (χ1v) is 6.71. The number of carbonyl (C=O) groups is 1. The SMILES string of the molecule is Cc1nc(Nc2cccnc2)sc1CC(=O)N(C)C. The molecule has 2 heterocycles. The van der Waals surface area contributed by atoms with E-state index in [1.807, 2.05) is 19.1 Å². The van der Waals surface area contributed by atoms with Gasteiger partial charge in [-0.3, -0.25) is 9.78 Å². The van der Waals surface area contributed by atoms with Gasteiger partial charge in [0.15, 0.2) is 5.13 Å². The first kappa shape index (κ1) is 13.5. The van der Waals surface area contributed by atoms with Crippen molar-refractivity contribution in [2.45, 2.75) is 13.3 Å². The van der Waals surface area contributed by atoms with Crippen LogP contribution in [0.25, 0.3) is 0 Å². The van der Waals surface area contributed by atoms with Gasteiger partial charge in [-0.25, -0.2) is 4.98 Å². The molecule has 0 saturated carbocycles. The molecule has 0 fully saturated rings. The molecule has 0 bridgehead atoms. The summed E-state index contributed by atoms with van der Waals surface area (Å²) < 4.78 is 0. The van der Waals surface area contributed by atoms with Crippen LogP contribution in [-0.2, 0) is 11.2 Å². The summed E-state index contributed by atoms with van der Waals surface area (Å²) >= 11 is 1.50. The third-order valence-corrected chi connectivity index (χ3v) is 3.69. The molecule has 0 aromatic carbocycles. The molecule has 0 spiro atoms. The molecule has 0 radical (unpaired) electrons. The molecule has 0 aliphatic carbocycles. The monoisotopic (exact) mass is 276 g/mol. The number of carbonyl (C=O) groups excluding carboxylic acids is 1. The van der Waals surface area contributed by atoms with E-state index in [0.717, 1.165) is 21.4 Å². The van der Waals surface area contributed by atoms with Crippen LogP contribution in [0.4, 0.5) is 10.8 Å². The van der Waals surface area contributed by atoms with E-state index in [1.165, 1.54) is 11.3 Å². The van der Waals surface area contributed by atoms with Crippen LogP contribution in [0.3, 0.4) is 0 Å². The van der Waals surface area contributed by atoms with E-state index in [9.17, 15) is 4.79 Å². The van der Waals surface area contributed by atoms with E-state index in [0.29, 0.717) is 6.42 Å². The van der Waals surface area contributed by atoms with Gasteiger partial charge in [0.25, 0.3) is 0 Å². The fraction of sp³-hybridized carbons (Fsp3) is 0.308. The van der Waals surface area contributed by atoms with Gasteiger partial charge in [0.2, 0.25) is 5.91 Å². The summed E-state index contributed by atoms with van der Waals surface area (Å²) in [4.78, 5) is 22.8. The molecule has 2 aromatic rings. The number of nitrogens with zero attached hydrogens (tertiary/aromatic N) is 3. The van der Waals surface area contributed by atoms with Gasteiger partial charge in [0.1, 0.15) is 0 Å². The summed E-state index contributed by atoms with van der Waals surface area (Å²) in [6.07, 6.45) is 3.85. The molecule has 0 atom stereocenters. The predicted molar refractivity (Wildman–Crippen MR) is 76.8 cm³/mol. The molecule has 5 nitrogen and oxygen atoms in total. The molecule has 0 unspecified atom stereocenters. The second-order valence-corrected chi connectivity index (χ2v) is 5.44. The Hall–Kier alpha value is -1.95. The minimum absolute atomic E-state index is 0.0830. The average molecular weight is 276 g/mol. The Bertz CT molecular complexity index is 565. The Balaban J connectivity index is 2.11. The number of aromatic nitrogens is 2. The fourth-order valence-electron chi connectivity index (χ4n) is 1.50. The molecule has 1 amide bonds. The normalized spacial score (nSPS) is 10.3. The van der Waals surface area contributed by atoms with E-state index in [1.54, 1.807) is 31.4 Å². The van der Waals surface area contributed by atoms with Gasteiger partial charge in [-0.2, -0.15) is 0 Å². The zero-order valence-corrected chi connectivity index (χ0v) is 12.0.